The second-order valence-electron chi connectivity index (χ2n) is 6.53. The molecule has 0 aliphatic heterocycles. The number of amides is 1. The van der Waals surface area contributed by atoms with Crippen LogP contribution in [0, 0.1) is 5.82 Å². The molecule has 0 fully saturated rings. The molecule has 0 bridgehead atoms. The first-order chi connectivity index (χ1) is 14.7. The first-order valence-corrected chi connectivity index (χ1v) is 9.23. The van der Waals surface area contributed by atoms with Crippen molar-refractivity contribution in [1.82, 2.24) is 10.1 Å². The number of halogens is 1. The number of carbonyl (C=O) groups is 1. The van der Waals surface area contributed by atoms with E-state index in [0.717, 1.165) is 11.1 Å². The summed E-state index contributed by atoms with van der Waals surface area (Å²) in [6.07, 6.45) is 3.46. The van der Waals surface area contributed by atoms with Crippen LogP contribution in [-0.2, 0) is 11.2 Å². The van der Waals surface area contributed by atoms with Crippen LogP contribution in [0.2, 0.25) is 0 Å². The molecule has 0 saturated heterocycles. The van der Waals surface area contributed by atoms with Gasteiger partial charge in [0.05, 0.1) is 19.1 Å². The average molecular weight is 403 g/mol. The minimum absolute atomic E-state index is 0.0887. The number of hydrogen-bond donors (Lipinski definition) is 1. The van der Waals surface area contributed by atoms with Crippen molar-refractivity contribution in [2.24, 2.45) is 0 Å². The third kappa shape index (κ3) is 4.05. The van der Waals surface area contributed by atoms with Crippen molar-refractivity contribution in [1.29, 1.82) is 0 Å². The molecule has 1 N–H and O–H groups in total. The molecule has 0 aliphatic carbocycles. The molecule has 0 saturated carbocycles. The maximum Gasteiger partial charge on any atom is 0.239 e. The molecule has 0 spiro atoms. The summed E-state index contributed by atoms with van der Waals surface area (Å²) in [5, 5.41) is 6.93. The highest BCUT2D eigenvalue weighted by Crippen LogP contribution is 2.38. The highest BCUT2D eigenvalue weighted by molar-refractivity contribution is 5.97. The summed E-state index contributed by atoms with van der Waals surface area (Å²) >= 11 is 0. The van der Waals surface area contributed by atoms with Gasteiger partial charge < -0.3 is 9.26 Å². The maximum absolute atomic E-state index is 13.9. The Morgan fingerprint density at radius 3 is 2.57 bits per heavy atom. The van der Waals surface area contributed by atoms with Gasteiger partial charge in [-0.05, 0) is 41.5 Å². The van der Waals surface area contributed by atoms with Gasteiger partial charge in [0.25, 0.3) is 0 Å². The largest absolute Gasteiger partial charge is 0.494 e. The van der Waals surface area contributed by atoms with Crippen molar-refractivity contribution >= 4 is 11.8 Å². The number of pyridine rings is 1. The smallest absolute Gasteiger partial charge is 0.239 e. The highest BCUT2D eigenvalue weighted by atomic mass is 19.1. The van der Waals surface area contributed by atoms with Crippen LogP contribution in [0.15, 0.2) is 77.6 Å². The first kappa shape index (κ1) is 19.3. The minimum atomic E-state index is -0.480. The number of anilines is 1. The Morgan fingerprint density at radius 2 is 1.83 bits per heavy atom. The molecule has 6 nitrogen and oxygen atoms in total. The van der Waals surface area contributed by atoms with E-state index in [4.69, 9.17) is 9.26 Å². The first-order valence-electron chi connectivity index (χ1n) is 9.23. The molecule has 2 heterocycles. The number of carbonyl (C=O) groups excluding carboxylic acids is 1. The zero-order valence-corrected chi connectivity index (χ0v) is 16.1. The van der Waals surface area contributed by atoms with Crippen LogP contribution >= 0.6 is 0 Å². The van der Waals surface area contributed by atoms with Gasteiger partial charge in [-0.25, -0.2) is 4.39 Å². The van der Waals surface area contributed by atoms with E-state index in [2.05, 4.69) is 15.5 Å². The number of ether oxygens (including phenoxy) is 1. The number of methoxy groups -OCH3 is 1. The predicted molar refractivity (Wildman–Crippen MR) is 110 cm³/mol. The van der Waals surface area contributed by atoms with Crippen LogP contribution in [0.4, 0.5) is 10.3 Å². The van der Waals surface area contributed by atoms with Crippen molar-refractivity contribution in [2.45, 2.75) is 6.42 Å². The van der Waals surface area contributed by atoms with E-state index in [1.807, 2.05) is 30.3 Å². The second kappa shape index (κ2) is 8.57. The van der Waals surface area contributed by atoms with Gasteiger partial charge in [-0.1, -0.05) is 35.5 Å². The van der Waals surface area contributed by atoms with Crippen LogP contribution in [0.25, 0.3) is 22.4 Å². The molecule has 0 atom stereocenters. The molecular formula is C23H18FN3O3. The van der Waals surface area contributed by atoms with Crippen LogP contribution in [-0.4, -0.2) is 23.2 Å². The van der Waals surface area contributed by atoms with E-state index in [9.17, 15) is 9.18 Å². The van der Waals surface area contributed by atoms with Gasteiger partial charge in [0.2, 0.25) is 11.8 Å². The third-order valence-corrected chi connectivity index (χ3v) is 4.55. The number of hydrogen-bond acceptors (Lipinski definition) is 5. The molecule has 4 rings (SSSR count). The standard InChI is InChI=1S/C23H18FN3O3/c1-29-19-14-17(7-8-18(19)24)22-21(16-9-11-25-12-10-16)23(30-27-22)26-20(28)13-15-5-3-2-4-6-15/h2-12,14H,13H2,1H3,(H,26,28). The second-order valence-corrected chi connectivity index (χ2v) is 6.53. The fraction of sp³-hybridized carbons (Fsp3) is 0.0870. The van der Waals surface area contributed by atoms with E-state index in [1.54, 1.807) is 30.6 Å². The minimum Gasteiger partial charge on any atom is -0.494 e. The fourth-order valence-electron chi connectivity index (χ4n) is 3.12. The molecule has 2 aromatic heterocycles. The van der Waals surface area contributed by atoms with Gasteiger partial charge in [-0.3, -0.25) is 15.1 Å². The molecule has 0 unspecified atom stereocenters. The van der Waals surface area contributed by atoms with Gasteiger partial charge in [0.15, 0.2) is 11.6 Å². The Labute approximate surface area is 172 Å². The van der Waals surface area contributed by atoms with Gasteiger partial charge in [-0.15, -0.1) is 0 Å². The lowest BCUT2D eigenvalue weighted by Gasteiger charge is -2.08. The quantitative estimate of drug-likeness (QED) is 0.504. The fourth-order valence-corrected chi connectivity index (χ4v) is 3.12. The van der Waals surface area contributed by atoms with E-state index in [0.29, 0.717) is 16.8 Å². The molecule has 7 heteroatoms. The van der Waals surface area contributed by atoms with Crippen molar-refractivity contribution in [3.8, 4) is 28.1 Å². The van der Waals surface area contributed by atoms with Crippen molar-refractivity contribution in [3.05, 3.63) is 84.4 Å². The Balaban J connectivity index is 1.72. The number of nitrogens with zero attached hydrogens (tertiary/aromatic N) is 2. The van der Waals surface area contributed by atoms with Crippen LogP contribution in [0.3, 0.4) is 0 Å². The van der Waals surface area contributed by atoms with Crippen molar-refractivity contribution < 1.29 is 18.4 Å². The van der Waals surface area contributed by atoms with Gasteiger partial charge in [-0.2, -0.15) is 0 Å². The number of rotatable bonds is 6. The van der Waals surface area contributed by atoms with Crippen molar-refractivity contribution in [3.63, 3.8) is 0 Å². The highest BCUT2D eigenvalue weighted by Gasteiger charge is 2.22. The van der Waals surface area contributed by atoms with E-state index >= 15 is 0 Å². The Bertz CT molecular complexity index is 1160. The molecular weight excluding hydrogens is 385 g/mol. The lowest BCUT2D eigenvalue weighted by atomic mass is 10.0. The topological polar surface area (TPSA) is 77.3 Å². The molecule has 0 aliphatic rings. The molecule has 4 aromatic rings. The van der Waals surface area contributed by atoms with Crippen LogP contribution in [0.5, 0.6) is 5.75 Å². The third-order valence-electron chi connectivity index (χ3n) is 4.55. The summed E-state index contributed by atoms with van der Waals surface area (Å²) in [6.45, 7) is 0. The van der Waals surface area contributed by atoms with Crippen LogP contribution in [0.1, 0.15) is 5.56 Å². The maximum atomic E-state index is 13.9. The lowest BCUT2D eigenvalue weighted by molar-refractivity contribution is -0.115. The van der Waals surface area contributed by atoms with Gasteiger partial charge >= 0.3 is 0 Å². The van der Waals surface area contributed by atoms with Gasteiger partial charge in [0.1, 0.15) is 5.69 Å². The summed E-state index contributed by atoms with van der Waals surface area (Å²) in [4.78, 5) is 16.6. The molecule has 0 radical (unpaired) electrons. The SMILES string of the molecule is COc1cc(-c2noc(NC(=O)Cc3ccccc3)c2-c2ccncc2)ccc1F. The summed E-state index contributed by atoms with van der Waals surface area (Å²) in [5.74, 6) is -0.422. The van der Waals surface area contributed by atoms with Gasteiger partial charge in [0, 0.05) is 18.0 Å². The normalized spacial score (nSPS) is 10.6. The zero-order valence-electron chi connectivity index (χ0n) is 16.1. The van der Waals surface area contributed by atoms with Crippen LogP contribution < -0.4 is 10.1 Å². The lowest BCUT2D eigenvalue weighted by Crippen LogP contribution is -2.14. The Kier molecular flexibility index (Phi) is 5.52. The summed E-state index contributed by atoms with van der Waals surface area (Å²) in [7, 11) is 1.39. The summed E-state index contributed by atoms with van der Waals surface area (Å²) < 4.78 is 24.4. The monoisotopic (exact) mass is 403 g/mol. The Hall–Kier alpha value is -4.00. The Morgan fingerprint density at radius 1 is 1.07 bits per heavy atom. The summed E-state index contributed by atoms with van der Waals surface area (Å²) in [6, 6.07) is 17.4. The predicted octanol–water partition coefficient (Wildman–Crippen LogP) is 4.73. The average Bonchev–Trinajstić information content (AvgIpc) is 3.18. The molecule has 2 aromatic carbocycles. The van der Waals surface area contributed by atoms with E-state index in [1.165, 1.54) is 19.2 Å². The number of benzene rings is 2. The summed E-state index contributed by atoms with van der Waals surface area (Å²) in [5.41, 5.74) is 3.25. The number of aromatic nitrogens is 2. The molecule has 1 amide bonds. The van der Waals surface area contributed by atoms with E-state index < -0.39 is 5.82 Å². The molecule has 30 heavy (non-hydrogen) atoms. The van der Waals surface area contributed by atoms with E-state index in [-0.39, 0.29) is 24.0 Å². The molecule has 150 valence electrons. The zero-order chi connectivity index (χ0) is 20.9. The number of nitrogens with one attached hydrogen (secondary N) is 1. The van der Waals surface area contributed by atoms with Crippen molar-refractivity contribution in [2.75, 3.05) is 12.4 Å².